The van der Waals surface area contributed by atoms with Gasteiger partial charge in [-0.25, -0.2) is 4.57 Å². The number of phosphoric acid groups is 1. The number of ether oxygens (including phenoxy) is 2. The fourth-order valence-electron chi connectivity index (χ4n) is 4.95. The number of nitrogens with two attached hydrogens (primary N) is 1. The highest BCUT2D eigenvalue weighted by atomic mass is 31.2. The zero-order valence-corrected chi connectivity index (χ0v) is 33.4. The molecule has 52 heavy (non-hydrogen) atoms. The van der Waals surface area contributed by atoms with E-state index in [2.05, 4.69) is 74.6 Å². The second-order valence-electron chi connectivity index (χ2n) is 12.8. The molecule has 0 amide bonds. The third kappa shape index (κ3) is 37.2. The lowest BCUT2D eigenvalue weighted by atomic mass is 10.0. The predicted octanol–water partition coefficient (Wildman–Crippen LogP) is 11.1. The van der Waals surface area contributed by atoms with Crippen molar-refractivity contribution < 1.29 is 37.6 Å². The number of phosphoric ester groups is 1. The third-order valence-electron chi connectivity index (χ3n) is 7.87. The van der Waals surface area contributed by atoms with Crippen molar-refractivity contribution in [3.63, 3.8) is 0 Å². The molecule has 0 aliphatic rings. The summed E-state index contributed by atoms with van der Waals surface area (Å²) in [5.74, 6) is -0.932. The first-order valence-electron chi connectivity index (χ1n) is 19.9. The van der Waals surface area contributed by atoms with Crippen LogP contribution >= 0.6 is 7.82 Å². The molecule has 0 aromatic heterocycles. The Bertz CT molecular complexity index is 1080. The zero-order chi connectivity index (χ0) is 38.2. The lowest BCUT2D eigenvalue weighted by Gasteiger charge is -2.19. The van der Waals surface area contributed by atoms with Gasteiger partial charge in [0.15, 0.2) is 6.10 Å². The molecule has 2 atom stereocenters. The van der Waals surface area contributed by atoms with Crippen molar-refractivity contribution in [2.75, 3.05) is 26.4 Å². The van der Waals surface area contributed by atoms with E-state index >= 15 is 0 Å². The van der Waals surface area contributed by atoms with E-state index in [0.29, 0.717) is 6.42 Å². The number of allylic oxidation sites excluding steroid dienone is 12. The van der Waals surface area contributed by atoms with Crippen LogP contribution in [-0.4, -0.2) is 49.3 Å². The van der Waals surface area contributed by atoms with E-state index in [0.717, 1.165) is 57.8 Å². The van der Waals surface area contributed by atoms with Gasteiger partial charge in [-0.1, -0.05) is 157 Å². The molecule has 0 radical (unpaired) electrons. The van der Waals surface area contributed by atoms with Crippen LogP contribution in [0.15, 0.2) is 72.9 Å². The van der Waals surface area contributed by atoms with Crippen molar-refractivity contribution >= 4 is 19.8 Å². The monoisotopic (exact) mass is 749 g/mol. The van der Waals surface area contributed by atoms with Crippen LogP contribution in [0, 0.1) is 0 Å². The minimum absolute atomic E-state index is 0.0393. The standard InChI is InChI=1S/C42H72NO8P/c1-3-5-7-9-11-13-15-17-18-19-20-21-22-23-25-27-29-31-33-35-42(45)51-40(39-50-52(46,47)49-37-36-43)38-48-41(44)34-32-30-28-26-24-16-14-12-10-8-6-4-2/h5,7,11,13,17-18,20-21,23,25,29,31,40H,3-4,6,8-10,12,14-16,19,22,24,26-28,30,32-39,43H2,1-2H3,(H,46,47)/b7-5-,13-11-,18-17-,21-20-,25-23-,31-29-/t40-/m1/s1. The largest absolute Gasteiger partial charge is 0.472 e. The summed E-state index contributed by atoms with van der Waals surface area (Å²) in [4.78, 5) is 34.7. The fraction of sp³-hybridized carbons (Fsp3) is 0.667. The Morgan fingerprint density at radius 2 is 1.06 bits per heavy atom. The Hall–Kier alpha value is -2.55. The quantitative estimate of drug-likeness (QED) is 0.0278. The van der Waals surface area contributed by atoms with Crippen LogP contribution < -0.4 is 5.73 Å². The van der Waals surface area contributed by atoms with Crippen LogP contribution in [0.2, 0.25) is 0 Å². The maximum Gasteiger partial charge on any atom is 0.472 e. The molecule has 9 nitrogen and oxygen atoms in total. The first-order chi connectivity index (χ1) is 25.3. The van der Waals surface area contributed by atoms with E-state index < -0.39 is 32.5 Å². The summed E-state index contributed by atoms with van der Waals surface area (Å²) in [5, 5.41) is 0. The molecule has 0 rings (SSSR count). The molecule has 0 saturated heterocycles. The molecule has 298 valence electrons. The second-order valence-corrected chi connectivity index (χ2v) is 14.2. The van der Waals surface area contributed by atoms with E-state index in [1.54, 1.807) is 0 Å². The maximum absolute atomic E-state index is 12.5. The van der Waals surface area contributed by atoms with Gasteiger partial charge >= 0.3 is 19.8 Å². The smallest absolute Gasteiger partial charge is 0.462 e. The second kappa shape index (κ2) is 38.2. The molecule has 0 aliphatic carbocycles. The zero-order valence-electron chi connectivity index (χ0n) is 32.5. The number of carbonyl (C=O) groups is 2. The normalized spacial score (nSPS) is 14.2. The van der Waals surface area contributed by atoms with Crippen LogP contribution in [0.25, 0.3) is 0 Å². The molecular formula is C42H72NO8P. The number of rotatable bonds is 36. The summed E-state index contributed by atoms with van der Waals surface area (Å²) in [7, 11) is -4.39. The molecule has 3 N–H and O–H groups in total. The van der Waals surface area contributed by atoms with Crippen molar-refractivity contribution in [2.45, 2.75) is 155 Å². The molecule has 0 aromatic rings. The van der Waals surface area contributed by atoms with E-state index in [4.69, 9.17) is 24.3 Å². The Morgan fingerprint density at radius 3 is 1.54 bits per heavy atom. The van der Waals surface area contributed by atoms with Crippen LogP contribution in [0.4, 0.5) is 0 Å². The van der Waals surface area contributed by atoms with E-state index in [-0.39, 0.29) is 32.6 Å². The summed E-state index contributed by atoms with van der Waals surface area (Å²) in [6, 6.07) is 0. The molecule has 0 bridgehead atoms. The molecule has 1 unspecified atom stereocenters. The van der Waals surface area contributed by atoms with Crippen molar-refractivity contribution in [3.8, 4) is 0 Å². The summed E-state index contributed by atoms with van der Waals surface area (Å²) < 4.78 is 32.6. The highest BCUT2D eigenvalue weighted by molar-refractivity contribution is 7.47. The molecule has 0 aliphatic heterocycles. The number of hydrogen-bond acceptors (Lipinski definition) is 8. The molecule has 0 fully saturated rings. The van der Waals surface area contributed by atoms with Crippen molar-refractivity contribution in [1.29, 1.82) is 0 Å². The van der Waals surface area contributed by atoms with E-state index in [1.165, 1.54) is 57.8 Å². The van der Waals surface area contributed by atoms with Gasteiger partial charge in [0, 0.05) is 19.4 Å². The average molecular weight is 750 g/mol. The number of unbranched alkanes of at least 4 members (excludes halogenated alkanes) is 11. The lowest BCUT2D eigenvalue weighted by Crippen LogP contribution is -2.29. The van der Waals surface area contributed by atoms with Gasteiger partial charge in [-0.3, -0.25) is 18.6 Å². The van der Waals surface area contributed by atoms with Crippen LogP contribution in [0.3, 0.4) is 0 Å². The van der Waals surface area contributed by atoms with Crippen molar-refractivity contribution in [2.24, 2.45) is 5.73 Å². The Kier molecular flexibility index (Phi) is 36.3. The van der Waals surface area contributed by atoms with Gasteiger partial charge in [-0.15, -0.1) is 0 Å². The SMILES string of the molecule is CC/C=C\C/C=C\C/C=C\C/C=C\C/C=C\C/C=C\CCC(=O)O[C@H](COC(=O)CCCCCCCCCCCCCC)COP(=O)(O)OCCN. The first-order valence-corrected chi connectivity index (χ1v) is 21.4. The Labute approximate surface area is 316 Å². The van der Waals surface area contributed by atoms with Crippen molar-refractivity contribution in [1.82, 2.24) is 0 Å². The van der Waals surface area contributed by atoms with Gasteiger partial charge in [0.05, 0.1) is 13.2 Å². The summed E-state index contributed by atoms with van der Waals surface area (Å²) in [6.45, 7) is 3.50. The number of hydrogen-bond donors (Lipinski definition) is 2. The molecular weight excluding hydrogens is 677 g/mol. The molecule has 0 aromatic carbocycles. The topological polar surface area (TPSA) is 134 Å². The molecule has 0 saturated carbocycles. The number of carbonyl (C=O) groups excluding carboxylic acids is 2. The average Bonchev–Trinajstić information content (AvgIpc) is 3.13. The lowest BCUT2D eigenvalue weighted by molar-refractivity contribution is -0.161. The first kappa shape index (κ1) is 49.5. The minimum atomic E-state index is -4.39. The van der Waals surface area contributed by atoms with Crippen LogP contribution in [-0.2, 0) is 32.7 Å². The highest BCUT2D eigenvalue weighted by Gasteiger charge is 2.25. The van der Waals surface area contributed by atoms with E-state index in [9.17, 15) is 19.0 Å². The molecule has 0 heterocycles. The molecule has 0 spiro atoms. The fourth-order valence-corrected chi connectivity index (χ4v) is 5.72. The Morgan fingerprint density at radius 1 is 0.596 bits per heavy atom. The highest BCUT2D eigenvalue weighted by Crippen LogP contribution is 2.43. The Balaban J connectivity index is 4.35. The number of esters is 2. The molecule has 10 heteroatoms. The summed E-state index contributed by atoms with van der Waals surface area (Å²) in [5.41, 5.74) is 5.33. The van der Waals surface area contributed by atoms with Crippen molar-refractivity contribution in [3.05, 3.63) is 72.9 Å². The van der Waals surface area contributed by atoms with Gasteiger partial charge < -0.3 is 20.1 Å². The maximum atomic E-state index is 12.5. The minimum Gasteiger partial charge on any atom is -0.462 e. The van der Waals surface area contributed by atoms with Crippen LogP contribution in [0.1, 0.15) is 149 Å². The summed E-state index contributed by atoms with van der Waals surface area (Å²) >= 11 is 0. The van der Waals surface area contributed by atoms with Gasteiger partial charge in [0.1, 0.15) is 6.61 Å². The van der Waals surface area contributed by atoms with Gasteiger partial charge in [0.2, 0.25) is 0 Å². The predicted molar refractivity (Wildman–Crippen MR) is 215 cm³/mol. The third-order valence-corrected chi connectivity index (χ3v) is 8.85. The van der Waals surface area contributed by atoms with Crippen LogP contribution in [0.5, 0.6) is 0 Å². The van der Waals surface area contributed by atoms with E-state index in [1.807, 2.05) is 12.2 Å². The van der Waals surface area contributed by atoms with Gasteiger partial charge in [-0.2, -0.15) is 0 Å². The summed E-state index contributed by atoms with van der Waals surface area (Å²) in [6.07, 6.45) is 45.2. The van der Waals surface area contributed by atoms with Gasteiger partial charge in [0.25, 0.3) is 0 Å². The van der Waals surface area contributed by atoms with Gasteiger partial charge in [-0.05, 0) is 51.4 Å².